The Morgan fingerprint density at radius 3 is 2.58 bits per heavy atom. The Labute approximate surface area is 179 Å². The quantitative estimate of drug-likeness (QED) is 0.581. The standard InChI is InChI=1S/C23H25FN2O5/c1-25-23(27)21-17-13-20(30-12-11-28-2)18(26-7-9-29-10-8-26)14-19(17)31-22(21)15-3-5-16(24)6-4-15/h3-6,13-14H,7-12H2,1-2H3,(H,25,27). The molecule has 164 valence electrons. The third-order valence-electron chi connectivity index (χ3n) is 5.23. The normalized spacial score (nSPS) is 14.1. The molecular formula is C23H25FN2O5. The van der Waals surface area contributed by atoms with Crippen molar-refractivity contribution in [2.75, 3.05) is 58.6 Å². The van der Waals surface area contributed by atoms with E-state index < -0.39 is 0 Å². The van der Waals surface area contributed by atoms with Gasteiger partial charge in [-0.1, -0.05) is 0 Å². The van der Waals surface area contributed by atoms with E-state index in [9.17, 15) is 9.18 Å². The zero-order chi connectivity index (χ0) is 21.8. The van der Waals surface area contributed by atoms with Gasteiger partial charge in [-0.25, -0.2) is 4.39 Å². The molecule has 4 rings (SSSR count). The molecule has 3 aromatic rings. The number of ether oxygens (including phenoxy) is 3. The lowest BCUT2D eigenvalue weighted by Crippen LogP contribution is -2.36. The van der Waals surface area contributed by atoms with Gasteiger partial charge in [0.1, 0.15) is 29.5 Å². The third kappa shape index (κ3) is 4.35. The van der Waals surface area contributed by atoms with Crippen molar-refractivity contribution >= 4 is 22.6 Å². The van der Waals surface area contributed by atoms with Crippen LogP contribution in [0, 0.1) is 5.82 Å². The van der Waals surface area contributed by atoms with E-state index in [1.807, 2.05) is 12.1 Å². The summed E-state index contributed by atoms with van der Waals surface area (Å²) in [6.45, 7) is 3.50. The van der Waals surface area contributed by atoms with Gasteiger partial charge in [-0.2, -0.15) is 0 Å². The number of furan rings is 1. The molecule has 0 unspecified atom stereocenters. The Kier molecular flexibility index (Phi) is 6.39. The first-order chi connectivity index (χ1) is 15.1. The third-order valence-corrected chi connectivity index (χ3v) is 5.23. The van der Waals surface area contributed by atoms with Crippen LogP contribution in [0.3, 0.4) is 0 Å². The van der Waals surface area contributed by atoms with E-state index >= 15 is 0 Å². The molecule has 0 spiro atoms. The van der Waals surface area contributed by atoms with Gasteiger partial charge in [0.2, 0.25) is 0 Å². The van der Waals surface area contributed by atoms with E-state index in [0.717, 1.165) is 18.8 Å². The van der Waals surface area contributed by atoms with Crippen molar-refractivity contribution in [3.05, 3.63) is 47.8 Å². The minimum absolute atomic E-state index is 0.292. The first kappa shape index (κ1) is 21.1. The maximum atomic E-state index is 13.4. The number of morpholine rings is 1. The molecule has 0 radical (unpaired) electrons. The number of hydrogen-bond donors (Lipinski definition) is 1. The molecule has 8 heteroatoms. The number of halogens is 1. The van der Waals surface area contributed by atoms with Gasteiger partial charge >= 0.3 is 0 Å². The molecule has 0 atom stereocenters. The topological polar surface area (TPSA) is 73.2 Å². The Morgan fingerprint density at radius 1 is 1.16 bits per heavy atom. The van der Waals surface area contributed by atoms with E-state index in [0.29, 0.717) is 60.0 Å². The molecule has 2 aromatic carbocycles. The predicted octanol–water partition coefficient (Wildman–Crippen LogP) is 3.46. The van der Waals surface area contributed by atoms with Crippen molar-refractivity contribution in [3.8, 4) is 17.1 Å². The number of amides is 1. The Balaban J connectivity index is 1.87. The SMILES string of the molecule is CNC(=O)c1c(-c2ccc(F)cc2)oc2cc(N3CCOCC3)c(OCCOC)cc12. The van der Waals surface area contributed by atoms with Crippen molar-refractivity contribution in [3.63, 3.8) is 0 Å². The van der Waals surface area contributed by atoms with Crippen molar-refractivity contribution < 1.29 is 27.8 Å². The molecule has 0 bridgehead atoms. The van der Waals surface area contributed by atoms with Crippen LogP contribution in [0.5, 0.6) is 5.75 Å². The lowest BCUT2D eigenvalue weighted by atomic mass is 10.0. The van der Waals surface area contributed by atoms with E-state index in [1.165, 1.54) is 12.1 Å². The molecule has 1 amide bonds. The number of fused-ring (bicyclic) bond motifs is 1. The average molecular weight is 428 g/mol. The van der Waals surface area contributed by atoms with Crippen molar-refractivity contribution in [1.29, 1.82) is 0 Å². The number of methoxy groups -OCH3 is 1. The zero-order valence-electron chi connectivity index (χ0n) is 17.6. The Hall–Kier alpha value is -3.10. The Morgan fingerprint density at radius 2 is 1.90 bits per heavy atom. The van der Waals surface area contributed by atoms with E-state index in [4.69, 9.17) is 18.6 Å². The second-order valence-corrected chi connectivity index (χ2v) is 7.15. The first-order valence-electron chi connectivity index (χ1n) is 10.2. The molecule has 0 aliphatic carbocycles. The summed E-state index contributed by atoms with van der Waals surface area (Å²) in [7, 11) is 3.18. The maximum absolute atomic E-state index is 13.4. The van der Waals surface area contributed by atoms with Crippen LogP contribution in [0.1, 0.15) is 10.4 Å². The van der Waals surface area contributed by atoms with Crippen LogP contribution in [0.4, 0.5) is 10.1 Å². The molecule has 1 N–H and O–H groups in total. The largest absolute Gasteiger partial charge is 0.489 e. The molecule has 0 saturated carbocycles. The van der Waals surface area contributed by atoms with Gasteiger partial charge in [-0.15, -0.1) is 0 Å². The average Bonchev–Trinajstić information content (AvgIpc) is 3.17. The van der Waals surface area contributed by atoms with Crippen LogP contribution < -0.4 is 15.0 Å². The first-order valence-corrected chi connectivity index (χ1v) is 10.2. The number of carbonyl (C=O) groups excluding carboxylic acids is 1. The number of carbonyl (C=O) groups is 1. The fraction of sp³-hybridized carbons (Fsp3) is 0.348. The number of nitrogens with one attached hydrogen (secondary N) is 1. The Bertz CT molecular complexity index is 1060. The summed E-state index contributed by atoms with van der Waals surface area (Å²) >= 11 is 0. The summed E-state index contributed by atoms with van der Waals surface area (Å²) in [5.74, 6) is 0.379. The summed E-state index contributed by atoms with van der Waals surface area (Å²) in [5, 5.41) is 3.30. The molecule has 2 heterocycles. The number of rotatable bonds is 7. The van der Waals surface area contributed by atoms with Crippen LogP contribution in [0.2, 0.25) is 0 Å². The lowest BCUT2D eigenvalue weighted by Gasteiger charge is -2.30. The van der Waals surface area contributed by atoms with Crippen LogP contribution >= 0.6 is 0 Å². The zero-order valence-corrected chi connectivity index (χ0v) is 17.6. The molecule has 7 nitrogen and oxygen atoms in total. The maximum Gasteiger partial charge on any atom is 0.255 e. The van der Waals surface area contributed by atoms with Gasteiger partial charge in [0.05, 0.1) is 31.1 Å². The highest BCUT2D eigenvalue weighted by atomic mass is 19.1. The van der Waals surface area contributed by atoms with Crippen molar-refractivity contribution in [2.45, 2.75) is 0 Å². The van der Waals surface area contributed by atoms with Gasteiger partial charge in [0.15, 0.2) is 0 Å². The minimum atomic E-state index is -0.357. The summed E-state index contributed by atoms with van der Waals surface area (Å²) in [4.78, 5) is 14.9. The second-order valence-electron chi connectivity index (χ2n) is 7.15. The van der Waals surface area contributed by atoms with Gasteiger partial charge in [-0.3, -0.25) is 4.79 Å². The van der Waals surface area contributed by atoms with E-state index in [1.54, 1.807) is 26.3 Å². The van der Waals surface area contributed by atoms with Crippen LogP contribution in [-0.4, -0.2) is 59.6 Å². The molecule has 1 saturated heterocycles. The molecule has 1 aliphatic heterocycles. The van der Waals surface area contributed by atoms with Gasteiger partial charge in [0, 0.05) is 44.3 Å². The smallest absolute Gasteiger partial charge is 0.255 e. The highest BCUT2D eigenvalue weighted by Gasteiger charge is 2.25. The highest BCUT2D eigenvalue weighted by Crippen LogP contribution is 2.40. The summed E-state index contributed by atoms with van der Waals surface area (Å²) in [6.07, 6.45) is 0. The summed E-state index contributed by atoms with van der Waals surface area (Å²) in [5.41, 5.74) is 2.42. The highest BCUT2D eigenvalue weighted by molar-refractivity contribution is 6.12. The van der Waals surface area contributed by atoms with Gasteiger partial charge in [0.25, 0.3) is 5.91 Å². The summed E-state index contributed by atoms with van der Waals surface area (Å²) < 4.78 is 36.2. The van der Waals surface area contributed by atoms with Crippen molar-refractivity contribution in [2.24, 2.45) is 0 Å². The molecule has 1 aliphatic rings. The van der Waals surface area contributed by atoms with Crippen LogP contribution in [-0.2, 0) is 9.47 Å². The second kappa shape index (κ2) is 9.36. The van der Waals surface area contributed by atoms with Gasteiger partial charge < -0.3 is 28.8 Å². The monoisotopic (exact) mass is 428 g/mol. The summed E-state index contributed by atoms with van der Waals surface area (Å²) in [6, 6.07) is 9.60. The lowest BCUT2D eigenvalue weighted by molar-refractivity contribution is 0.0964. The molecule has 1 fully saturated rings. The number of nitrogens with zero attached hydrogens (tertiary/aromatic N) is 1. The minimum Gasteiger partial charge on any atom is -0.489 e. The number of anilines is 1. The fourth-order valence-corrected chi connectivity index (χ4v) is 3.67. The molecular weight excluding hydrogens is 403 g/mol. The van der Waals surface area contributed by atoms with E-state index in [2.05, 4.69) is 10.2 Å². The van der Waals surface area contributed by atoms with Crippen molar-refractivity contribution in [1.82, 2.24) is 5.32 Å². The van der Waals surface area contributed by atoms with Crippen LogP contribution in [0.15, 0.2) is 40.8 Å². The fourth-order valence-electron chi connectivity index (χ4n) is 3.67. The number of hydrogen-bond acceptors (Lipinski definition) is 6. The van der Waals surface area contributed by atoms with Crippen LogP contribution in [0.25, 0.3) is 22.3 Å². The predicted molar refractivity (Wildman–Crippen MR) is 115 cm³/mol. The van der Waals surface area contributed by atoms with Gasteiger partial charge in [-0.05, 0) is 30.3 Å². The van der Waals surface area contributed by atoms with E-state index in [-0.39, 0.29) is 11.7 Å². The number of benzene rings is 2. The molecule has 31 heavy (non-hydrogen) atoms. The molecule has 1 aromatic heterocycles.